The van der Waals surface area contributed by atoms with Crippen LogP contribution in [0.2, 0.25) is 0 Å². The Hall–Kier alpha value is -0.760. The lowest BCUT2D eigenvalue weighted by Gasteiger charge is -2.35. The highest BCUT2D eigenvalue weighted by Gasteiger charge is 2.31. The molecule has 1 unspecified atom stereocenters. The smallest absolute Gasteiger partial charge is 0.109 e. The summed E-state index contributed by atoms with van der Waals surface area (Å²) in [5.41, 5.74) is 1.44. The van der Waals surface area contributed by atoms with Gasteiger partial charge in [-0.1, -0.05) is 19.8 Å². The van der Waals surface area contributed by atoms with Crippen molar-refractivity contribution >= 4 is 0 Å². The summed E-state index contributed by atoms with van der Waals surface area (Å²) >= 11 is 0. The predicted molar refractivity (Wildman–Crippen MR) is 64.3 cm³/mol. The van der Waals surface area contributed by atoms with Gasteiger partial charge in [0.2, 0.25) is 0 Å². The zero-order valence-electron chi connectivity index (χ0n) is 10.0. The first-order chi connectivity index (χ1) is 7.84. The minimum Gasteiger partial charge on any atom is -0.469 e. The van der Waals surface area contributed by atoms with Crippen molar-refractivity contribution < 1.29 is 4.42 Å². The first-order valence-electron chi connectivity index (χ1n) is 6.64. The van der Waals surface area contributed by atoms with Gasteiger partial charge in [-0.3, -0.25) is 0 Å². The van der Waals surface area contributed by atoms with Crippen molar-refractivity contribution in [1.29, 1.82) is 0 Å². The predicted octanol–water partition coefficient (Wildman–Crippen LogP) is 3.29. The standard InChI is InChI=1S/C14H21NO/c1-10-2-4-11(5-3-10)14-12-7-9-16-13(12)6-8-15-14/h7,9-11,14-15H,2-6,8H2,1H3. The minimum atomic E-state index is 0.565. The third-order valence-electron chi connectivity index (χ3n) is 4.36. The number of rotatable bonds is 1. The molecule has 0 saturated heterocycles. The van der Waals surface area contributed by atoms with E-state index in [1.807, 2.05) is 6.26 Å². The van der Waals surface area contributed by atoms with E-state index in [-0.39, 0.29) is 0 Å². The molecule has 1 aromatic heterocycles. The van der Waals surface area contributed by atoms with Crippen molar-refractivity contribution in [3.05, 3.63) is 23.7 Å². The summed E-state index contributed by atoms with van der Waals surface area (Å²) in [6, 6.07) is 2.74. The second-order valence-corrected chi connectivity index (χ2v) is 5.50. The maximum absolute atomic E-state index is 5.56. The Morgan fingerprint density at radius 1 is 1.25 bits per heavy atom. The molecule has 1 saturated carbocycles. The molecule has 2 nitrogen and oxygen atoms in total. The van der Waals surface area contributed by atoms with Crippen molar-refractivity contribution in [2.45, 2.75) is 45.1 Å². The van der Waals surface area contributed by atoms with E-state index >= 15 is 0 Å². The first-order valence-corrected chi connectivity index (χ1v) is 6.64. The molecule has 1 aliphatic carbocycles. The maximum atomic E-state index is 5.56. The fourth-order valence-electron chi connectivity index (χ4n) is 3.32. The molecule has 2 aliphatic rings. The number of furan rings is 1. The number of hydrogen-bond acceptors (Lipinski definition) is 2. The van der Waals surface area contributed by atoms with Gasteiger partial charge in [0.05, 0.1) is 6.26 Å². The van der Waals surface area contributed by atoms with Crippen molar-refractivity contribution in [3.8, 4) is 0 Å². The summed E-state index contributed by atoms with van der Waals surface area (Å²) < 4.78 is 5.56. The van der Waals surface area contributed by atoms with Gasteiger partial charge in [-0.05, 0) is 30.7 Å². The van der Waals surface area contributed by atoms with Crippen LogP contribution < -0.4 is 5.32 Å². The lowest BCUT2D eigenvalue weighted by Crippen LogP contribution is -2.35. The molecule has 0 radical (unpaired) electrons. The minimum absolute atomic E-state index is 0.565. The Morgan fingerprint density at radius 3 is 2.88 bits per heavy atom. The summed E-state index contributed by atoms with van der Waals surface area (Å²) in [7, 11) is 0. The second-order valence-electron chi connectivity index (χ2n) is 5.50. The summed E-state index contributed by atoms with van der Waals surface area (Å²) in [4.78, 5) is 0. The monoisotopic (exact) mass is 219 g/mol. The largest absolute Gasteiger partial charge is 0.469 e. The molecular formula is C14H21NO. The lowest BCUT2D eigenvalue weighted by molar-refractivity contribution is 0.223. The SMILES string of the molecule is CC1CCC(C2NCCc3occc32)CC1. The van der Waals surface area contributed by atoms with E-state index in [1.165, 1.54) is 37.0 Å². The Kier molecular flexibility index (Phi) is 2.76. The van der Waals surface area contributed by atoms with Crippen LogP contribution in [0.3, 0.4) is 0 Å². The third kappa shape index (κ3) is 1.80. The second kappa shape index (κ2) is 4.25. The van der Waals surface area contributed by atoms with Crippen LogP contribution in [-0.2, 0) is 6.42 Å². The van der Waals surface area contributed by atoms with Crippen molar-refractivity contribution in [2.75, 3.05) is 6.54 Å². The van der Waals surface area contributed by atoms with Crippen molar-refractivity contribution in [3.63, 3.8) is 0 Å². The molecule has 88 valence electrons. The third-order valence-corrected chi connectivity index (χ3v) is 4.36. The van der Waals surface area contributed by atoms with Crippen LogP contribution in [0.4, 0.5) is 0 Å². The van der Waals surface area contributed by atoms with Crippen LogP contribution in [0.1, 0.15) is 50.0 Å². The van der Waals surface area contributed by atoms with Crippen LogP contribution in [0, 0.1) is 11.8 Å². The topological polar surface area (TPSA) is 25.2 Å². The molecule has 1 fully saturated rings. The molecule has 3 rings (SSSR count). The van der Waals surface area contributed by atoms with Crippen LogP contribution in [-0.4, -0.2) is 6.54 Å². The molecule has 0 bridgehead atoms. The molecule has 1 atom stereocenters. The molecule has 1 aliphatic heterocycles. The normalized spacial score (nSPS) is 34.7. The first kappa shape index (κ1) is 10.4. The highest BCUT2D eigenvalue weighted by molar-refractivity contribution is 5.25. The lowest BCUT2D eigenvalue weighted by atomic mass is 9.76. The fourth-order valence-corrected chi connectivity index (χ4v) is 3.32. The van der Waals surface area contributed by atoms with E-state index in [9.17, 15) is 0 Å². The molecule has 2 heterocycles. The Bertz CT molecular complexity index is 349. The summed E-state index contributed by atoms with van der Waals surface area (Å²) in [5, 5.41) is 3.69. The Morgan fingerprint density at radius 2 is 2.06 bits per heavy atom. The van der Waals surface area contributed by atoms with Crippen molar-refractivity contribution in [1.82, 2.24) is 5.32 Å². The number of fused-ring (bicyclic) bond motifs is 1. The maximum Gasteiger partial charge on any atom is 0.109 e. The van der Waals surface area contributed by atoms with Gasteiger partial charge in [0.1, 0.15) is 5.76 Å². The van der Waals surface area contributed by atoms with Gasteiger partial charge in [-0.2, -0.15) is 0 Å². The van der Waals surface area contributed by atoms with E-state index < -0.39 is 0 Å². The van der Waals surface area contributed by atoms with Crippen molar-refractivity contribution in [2.24, 2.45) is 11.8 Å². The highest BCUT2D eigenvalue weighted by atomic mass is 16.3. The zero-order chi connectivity index (χ0) is 11.0. The Balaban J connectivity index is 1.77. The number of hydrogen-bond donors (Lipinski definition) is 1. The van der Waals surface area contributed by atoms with Gasteiger partial charge in [0.25, 0.3) is 0 Å². The molecule has 0 aromatic carbocycles. The van der Waals surface area contributed by atoms with E-state index in [0.29, 0.717) is 6.04 Å². The summed E-state index contributed by atoms with van der Waals surface area (Å²) in [6.07, 6.45) is 8.47. The molecule has 0 spiro atoms. The Labute approximate surface area is 97.4 Å². The molecular weight excluding hydrogens is 198 g/mol. The van der Waals surface area contributed by atoms with Gasteiger partial charge < -0.3 is 9.73 Å². The van der Waals surface area contributed by atoms with E-state index in [4.69, 9.17) is 4.42 Å². The van der Waals surface area contributed by atoms with Gasteiger partial charge in [-0.25, -0.2) is 0 Å². The van der Waals surface area contributed by atoms with E-state index in [0.717, 1.165) is 24.8 Å². The average Bonchev–Trinajstić information content (AvgIpc) is 2.78. The van der Waals surface area contributed by atoms with Crippen LogP contribution >= 0.6 is 0 Å². The summed E-state index contributed by atoms with van der Waals surface area (Å²) in [6.45, 7) is 3.46. The van der Waals surface area contributed by atoms with E-state index in [1.54, 1.807) is 0 Å². The number of nitrogens with one attached hydrogen (secondary N) is 1. The molecule has 0 amide bonds. The van der Waals surface area contributed by atoms with E-state index in [2.05, 4.69) is 18.3 Å². The van der Waals surface area contributed by atoms with Crippen LogP contribution in [0.15, 0.2) is 16.7 Å². The van der Waals surface area contributed by atoms with Crippen LogP contribution in [0.5, 0.6) is 0 Å². The molecule has 1 N–H and O–H groups in total. The van der Waals surface area contributed by atoms with Crippen LogP contribution in [0.25, 0.3) is 0 Å². The van der Waals surface area contributed by atoms with Gasteiger partial charge >= 0.3 is 0 Å². The zero-order valence-corrected chi connectivity index (χ0v) is 10.0. The van der Waals surface area contributed by atoms with Gasteiger partial charge in [0, 0.05) is 24.6 Å². The van der Waals surface area contributed by atoms with Gasteiger partial charge in [-0.15, -0.1) is 0 Å². The molecule has 1 aromatic rings. The van der Waals surface area contributed by atoms with Gasteiger partial charge in [0.15, 0.2) is 0 Å². The quantitative estimate of drug-likeness (QED) is 0.784. The summed E-state index contributed by atoms with van der Waals surface area (Å²) in [5.74, 6) is 2.99. The fraction of sp³-hybridized carbons (Fsp3) is 0.714. The average molecular weight is 219 g/mol. The molecule has 2 heteroatoms. The molecule has 16 heavy (non-hydrogen) atoms. The highest BCUT2D eigenvalue weighted by Crippen LogP contribution is 2.39.